The molecular formula is C17H25BrO8. The first kappa shape index (κ1) is 22.4. The van der Waals surface area contributed by atoms with E-state index >= 15 is 0 Å². The monoisotopic (exact) mass is 436 g/mol. The van der Waals surface area contributed by atoms with Gasteiger partial charge in [-0.3, -0.25) is 14.4 Å². The van der Waals surface area contributed by atoms with Gasteiger partial charge in [0.1, 0.15) is 6.10 Å². The molecule has 0 aromatic carbocycles. The zero-order valence-electron chi connectivity index (χ0n) is 15.3. The molecule has 0 saturated carbocycles. The van der Waals surface area contributed by atoms with Crippen molar-refractivity contribution in [2.75, 3.05) is 5.33 Å². The van der Waals surface area contributed by atoms with Crippen molar-refractivity contribution >= 4 is 33.8 Å². The second-order valence-electron chi connectivity index (χ2n) is 5.72. The van der Waals surface area contributed by atoms with Crippen LogP contribution in [-0.4, -0.2) is 53.9 Å². The number of rotatable bonds is 8. The second-order valence-corrected chi connectivity index (χ2v) is 6.36. The minimum absolute atomic E-state index is 0.286. The fourth-order valence-corrected chi connectivity index (χ4v) is 2.98. The summed E-state index contributed by atoms with van der Waals surface area (Å²) >= 11 is 3.29. The van der Waals surface area contributed by atoms with Gasteiger partial charge in [-0.25, -0.2) is 0 Å². The van der Waals surface area contributed by atoms with Crippen molar-refractivity contribution in [3.8, 4) is 0 Å². The lowest BCUT2D eigenvalue weighted by molar-refractivity contribution is -0.288. The molecule has 26 heavy (non-hydrogen) atoms. The molecular weight excluding hydrogens is 412 g/mol. The SMILES string of the molecule is CCCC=CO[C@@H]1O[C@H](CBr)[C@@H](OC(C)=O)[C@H](OC(C)=O)[C@H]1OC(C)=O. The maximum atomic E-state index is 11.6. The molecule has 9 heteroatoms. The molecule has 1 fully saturated rings. The van der Waals surface area contributed by atoms with Gasteiger partial charge in [0.2, 0.25) is 12.4 Å². The topological polar surface area (TPSA) is 97.4 Å². The van der Waals surface area contributed by atoms with Crippen LogP contribution in [0.2, 0.25) is 0 Å². The molecule has 1 rings (SSSR count). The van der Waals surface area contributed by atoms with Crippen LogP contribution in [0.3, 0.4) is 0 Å². The Morgan fingerprint density at radius 1 is 0.962 bits per heavy atom. The van der Waals surface area contributed by atoms with E-state index in [9.17, 15) is 14.4 Å². The summed E-state index contributed by atoms with van der Waals surface area (Å²) in [6.45, 7) is 5.68. The quantitative estimate of drug-likeness (QED) is 0.247. The molecule has 1 aliphatic heterocycles. The fraction of sp³-hybridized carbons (Fsp3) is 0.706. The van der Waals surface area contributed by atoms with E-state index in [-0.39, 0.29) is 5.33 Å². The Hall–Kier alpha value is -1.61. The summed E-state index contributed by atoms with van der Waals surface area (Å²) in [5.41, 5.74) is 0. The standard InChI is InChI=1S/C17H25BrO8/c1-5-6-7-8-22-17-16(25-12(4)21)15(24-11(3)20)14(23-10(2)19)13(9-18)26-17/h7-8,13-17H,5-6,9H2,1-4H3/t13-,14-,15+,16-,17-/m1/s1. The lowest BCUT2D eigenvalue weighted by Crippen LogP contribution is -2.62. The largest absolute Gasteiger partial charge is 0.469 e. The van der Waals surface area contributed by atoms with Crippen LogP contribution < -0.4 is 0 Å². The molecule has 8 nitrogen and oxygen atoms in total. The average molecular weight is 437 g/mol. The predicted octanol–water partition coefficient (Wildman–Crippen LogP) is 2.23. The number of alkyl halides is 1. The lowest BCUT2D eigenvalue weighted by Gasteiger charge is -2.43. The first-order valence-electron chi connectivity index (χ1n) is 8.33. The van der Waals surface area contributed by atoms with Gasteiger partial charge in [0.25, 0.3) is 0 Å². The molecule has 1 heterocycles. The molecule has 0 N–H and O–H groups in total. The average Bonchev–Trinajstić information content (AvgIpc) is 2.54. The van der Waals surface area contributed by atoms with Gasteiger partial charge < -0.3 is 23.7 Å². The number of hydrogen-bond donors (Lipinski definition) is 0. The van der Waals surface area contributed by atoms with Gasteiger partial charge >= 0.3 is 17.9 Å². The number of carbonyl (C=O) groups is 3. The number of carbonyl (C=O) groups excluding carboxylic acids is 3. The molecule has 0 radical (unpaired) electrons. The number of ether oxygens (including phenoxy) is 5. The van der Waals surface area contributed by atoms with Crippen LogP contribution in [0.4, 0.5) is 0 Å². The van der Waals surface area contributed by atoms with E-state index in [1.165, 1.54) is 27.0 Å². The molecule has 0 aliphatic carbocycles. The summed E-state index contributed by atoms with van der Waals surface area (Å²) in [7, 11) is 0. The first-order chi connectivity index (χ1) is 12.3. The summed E-state index contributed by atoms with van der Waals surface area (Å²) in [4.78, 5) is 34.6. The Balaban J connectivity index is 3.14. The van der Waals surface area contributed by atoms with E-state index in [2.05, 4.69) is 15.9 Å². The Kier molecular flexibility index (Phi) is 9.64. The summed E-state index contributed by atoms with van der Waals surface area (Å²) in [5, 5.41) is 0.286. The number of hydrogen-bond acceptors (Lipinski definition) is 8. The third-order valence-electron chi connectivity index (χ3n) is 3.41. The summed E-state index contributed by atoms with van der Waals surface area (Å²) in [6, 6.07) is 0. The maximum Gasteiger partial charge on any atom is 0.303 e. The van der Waals surface area contributed by atoms with Crippen LogP contribution in [-0.2, 0) is 38.1 Å². The van der Waals surface area contributed by atoms with Crippen molar-refractivity contribution in [3.63, 3.8) is 0 Å². The third kappa shape index (κ3) is 6.95. The van der Waals surface area contributed by atoms with Crippen molar-refractivity contribution in [2.24, 2.45) is 0 Å². The molecule has 0 unspecified atom stereocenters. The van der Waals surface area contributed by atoms with Gasteiger partial charge in [0, 0.05) is 26.1 Å². The van der Waals surface area contributed by atoms with Gasteiger partial charge in [-0.1, -0.05) is 29.3 Å². The molecule has 1 saturated heterocycles. The maximum absolute atomic E-state index is 11.6. The number of unbranched alkanes of at least 4 members (excludes halogenated alkanes) is 1. The minimum Gasteiger partial charge on any atom is -0.469 e. The van der Waals surface area contributed by atoms with E-state index in [4.69, 9.17) is 23.7 Å². The van der Waals surface area contributed by atoms with Crippen LogP contribution in [0.25, 0.3) is 0 Å². The molecule has 5 atom stereocenters. The van der Waals surface area contributed by atoms with Crippen molar-refractivity contribution < 1.29 is 38.1 Å². The van der Waals surface area contributed by atoms with Crippen molar-refractivity contribution in [2.45, 2.75) is 71.2 Å². The molecule has 1 aliphatic rings. The molecule has 0 bridgehead atoms. The number of esters is 3. The minimum atomic E-state index is -1.10. The summed E-state index contributed by atoms with van der Waals surface area (Å²) in [5.74, 6) is -1.80. The molecule has 0 amide bonds. The Morgan fingerprint density at radius 3 is 2.00 bits per heavy atom. The van der Waals surface area contributed by atoms with Gasteiger partial charge in [-0.15, -0.1) is 0 Å². The van der Waals surface area contributed by atoms with E-state index in [0.717, 1.165) is 12.8 Å². The van der Waals surface area contributed by atoms with Crippen LogP contribution in [0.15, 0.2) is 12.3 Å². The summed E-state index contributed by atoms with van der Waals surface area (Å²) < 4.78 is 27.2. The molecule has 148 valence electrons. The highest BCUT2D eigenvalue weighted by Crippen LogP contribution is 2.30. The van der Waals surface area contributed by atoms with Crippen molar-refractivity contribution in [3.05, 3.63) is 12.3 Å². The highest BCUT2D eigenvalue weighted by atomic mass is 79.9. The van der Waals surface area contributed by atoms with Gasteiger partial charge in [0.05, 0.1) is 6.26 Å². The van der Waals surface area contributed by atoms with E-state index < -0.39 is 48.6 Å². The second kappa shape index (κ2) is 11.2. The van der Waals surface area contributed by atoms with E-state index in [1.807, 2.05) is 6.92 Å². The van der Waals surface area contributed by atoms with Crippen molar-refractivity contribution in [1.29, 1.82) is 0 Å². The summed E-state index contributed by atoms with van der Waals surface area (Å²) in [6.07, 6.45) is 0.181. The van der Waals surface area contributed by atoms with Crippen LogP contribution >= 0.6 is 15.9 Å². The van der Waals surface area contributed by atoms with Crippen LogP contribution in [0.1, 0.15) is 40.5 Å². The van der Waals surface area contributed by atoms with E-state index in [1.54, 1.807) is 6.08 Å². The lowest BCUT2D eigenvalue weighted by atomic mass is 9.99. The number of allylic oxidation sites excluding steroid dienone is 1. The fourth-order valence-electron chi connectivity index (χ4n) is 2.46. The molecule has 0 aromatic heterocycles. The normalized spacial score (nSPS) is 28.4. The van der Waals surface area contributed by atoms with Gasteiger partial charge in [0.15, 0.2) is 12.2 Å². The van der Waals surface area contributed by atoms with E-state index in [0.29, 0.717) is 0 Å². The van der Waals surface area contributed by atoms with Crippen LogP contribution in [0, 0.1) is 0 Å². The van der Waals surface area contributed by atoms with Gasteiger partial charge in [-0.2, -0.15) is 0 Å². The number of halogens is 1. The predicted molar refractivity (Wildman–Crippen MR) is 94.3 cm³/mol. The molecule has 0 spiro atoms. The van der Waals surface area contributed by atoms with Gasteiger partial charge in [-0.05, 0) is 12.5 Å². The third-order valence-corrected chi connectivity index (χ3v) is 4.05. The highest BCUT2D eigenvalue weighted by Gasteiger charge is 2.52. The Morgan fingerprint density at radius 2 is 1.50 bits per heavy atom. The van der Waals surface area contributed by atoms with Crippen molar-refractivity contribution in [1.82, 2.24) is 0 Å². The highest BCUT2D eigenvalue weighted by molar-refractivity contribution is 9.09. The smallest absolute Gasteiger partial charge is 0.303 e. The van der Waals surface area contributed by atoms with Crippen LogP contribution in [0.5, 0.6) is 0 Å². The first-order valence-corrected chi connectivity index (χ1v) is 9.45. The Labute approximate surface area is 161 Å². The zero-order chi connectivity index (χ0) is 19.7. The molecule has 0 aromatic rings. The zero-order valence-corrected chi connectivity index (χ0v) is 16.9. The Bertz CT molecular complexity index is 521.